The lowest BCUT2D eigenvalue weighted by Crippen LogP contribution is -2.15. The minimum Gasteiger partial charge on any atom is -0.456 e. The highest BCUT2D eigenvalue weighted by atomic mass is 16.3. The van der Waals surface area contributed by atoms with Crippen LogP contribution in [0, 0.1) is 0 Å². The highest BCUT2D eigenvalue weighted by Gasteiger charge is 2.39. The lowest BCUT2D eigenvalue weighted by molar-refractivity contribution is 0.659. The second kappa shape index (κ2) is 21.5. The Kier molecular flexibility index (Phi) is 11.9. The fourth-order valence-electron chi connectivity index (χ4n) is 19.8. The summed E-state index contributed by atoms with van der Waals surface area (Å²) in [5.41, 5.74) is 34.0. The van der Waals surface area contributed by atoms with E-state index in [4.69, 9.17) is 8.83 Å². The van der Waals surface area contributed by atoms with E-state index >= 15 is 0 Å². The highest BCUT2D eigenvalue weighted by Crippen LogP contribution is 2.56. The smallest absolute Gasteiger partial charge is 0.143 e. The van der Waals surface area contributed by atoms with E-state index in [1.807, 2.05) is 6.07 Å². The molecule has 16 aromatic carbocycles. The van der Waals surface area contributed by atoms with Crippen molar-refractivity contribution in [3.63, 3.8) is 0 Å². The van der Waals surface area contributed by atoms with Crippen LogP contribution in [0.15, 0.2) is 336 Å². The van der Waals surface area contributed by atoms with Crippen molar-refractivity contribution in [3.05, 3.63) is 350 Å². The normalized spacial score (nSPS) is 13.7. The molecule has 22 aromatic rings. The van der Waals surface area contributed by atoms with Crippen LogP contribution in [0.5, 0.6) is 0 Å². The summed E-state index contributed by atoms with van der Waals surface area (Å²) in [4.78, 5) is 0. The number of fused-ring (bicyclic) bond motifs is 26. The van der Waals surface area contributed by atoms with Crippen LogP contribution in [0.3, 0.4) is 0 Å². The van der Waals surface area contributed by atoms with Crippen molar-refractivity contribution < 1.29 is 8.83 Å². The molecule has 0 fully saturated rings. The van der Waals surface area contributed by atoms with E-state index in [1.165, 1.54) is 121 Å². The summed E-state index contributed by atoms with van der Waals surface area (Å²) < 4.78 is 23.7. The largest absolute Gasteiger partial charge is 0.456 e. The Morgan fingerprint density at radius 1 is 0.213 bits per heavy atom. The predicted molar refractivity (Wildman–Crippen MR) is 450 cm³/mol. The summed E-state index contributed by atoms with van der Waals surface area (Å²) >= 11 is 0. The highest BCUT2D eigenvalue weighted by molar-refractivity contribution is 6.31. The van der Waals surface area contributed by atoms with Crippen LogP contribution in [-0.4, -0.2) is 18.3 Å². The topological polar surface area (TPSA) is 46.0 Å². The molecule has 506 valence electrons. The first-order valence-corrected chi connectivity index (χ1v) is 37.6. The lowest BCUT2D eigenvalue weighted by atomic mass is 9.81. The van der Waals surface area contributed by atoms with Gasteiger partial charge in [0, 0.05) is 104 Å². The Morgan fingerprint density at radius 2 is 0.630 bits per heavy atom. The summed E-state index contributed by atoms with van der Waals surface area (Å²) in [6, 6.07) is 122. The molecule has 0 bridgehead atoms. The molecule has 6 nitrogen and oxygen atoms in total. The van der Waals surface area contributed by atoms with Crippen LogP contribution in [0.4, 0.5) is 0 Å². The fourth-order valence-corrected chi connectivity index (χ4v) is 19.8. The Labute approximate surface area is 621 Å². The van der Waals surface area contributed by atoms with Crippen molar-refractivity contribution in [2.45, 2.75) is 38.5 Å². The maximum atomic E-state index is 7.36. The monoisotopic (exact) mass is 1380 g/mol. The number of furan rings is 2. The number of nitrogens with zero attached hydrogens (tertiary/aromatic N) is 4. The maximum absolute atomic E-state index is 7.36. The van der Waals surface area contributed by atoms with Gasteiger partial charge in [0.1, 0.15) is 22.3 Å². The minimum absolute atomic E-state index is 0.304. The summed E-state index contributed by atoms with van der Waals surface area (Å²) in [5, 5.41) is 14.2. The first-order valence-electron chi connectivity index (χ1n) is 37.6. The molecular formula is C102H66N4O2. The molecule has 108 heavy (non-hydrogen) atoms. The Balaban J connectivity index is 0.658. The van der Waals surface area contributed by atoms with Crippen LogP contribution in [0.1, 0.15) is 49.9 Å². The lowest BCUT2D eigenvalue weighted by Gasteiger charge is -2.23. The Hall–Kier alpha value is -13.7. The van der Waals surface area contributed by atoms with E-state index in [-0.39, 0.29) is 10.8 Å². The number of hydrogen-bond donors (Lipinski definition) is 0. The quantitative estimate of drug-likeness (QED) is 0.160. The van der Waals surface area contributed by atoms with Gasteiger partial charge in [0.25, 0.3) is 0 Å². The third kappa shape index (κ3) is 7.94. The zero-order valence-electron chi connectivity index (χ0n) is 59.8. The van der Waals surface area contributed by atoms with Gasteiger partial charge in [0.2, 0.25) is 0 Å². The van der Waals surface area contributed by atoms with Gasteiger partial charge < -0.3 is 27.1 Å². The summed E-state index contributed by atoms with van der Waals surface area (Å²) in [7, 11) is 0. The standard InChI is InChI=1S/C102H66N4O2/c1-101(2)83-54-60(59-43-52-92-80(53-59)74-30-15-20-39-91(74)107-92)41-46-67(83)69-49-45-65(57-85(69)101)106-89-37-18-13-29-73(89)82-58-81(95-78-31-14-19-38-90(78)104(99(95)98(82)106)63-25-9-6-10-26-63)75-33-22-40-93-94(75)79-34-21-32-66(100(79)108-93)61-42-47-68-70-48-44-64(56-86(70)102(3,4)84(68)55-61)105-88-36-17-12-28-72(88)77-51-50-76-71-27-11-16-35-87(71)103(96(76)97(77)105)62-23-7-5-8-24-62/h5-58H,1-4H3. The molecule has 0 unspecified atom stereocenters. The average molecular weight is 1380 g/mol. The van der Waals surface area contributed by atoms with E-state index in [0.29, 0.717) is 0 Å². The number of para-hydroxylation sites is 8. The molecular weight excluding hydrogens is 1310 g/mol. The number of hydrogen-bond acceptors (Lipinski definition) is 2. The van der Waals surface area contributed by atoms with Crippen molar-refractivity contribution in [1.82, 2.24) is 18.3 Å². The van der Waals surface area contributed by atoms with Gasteiger partial charge in [0.05, 0.1) is 44.1 Å². The summed E-state index contributed by atoms with van der Waals surface area (Å²) in [6.45, 7) is 9.63. The van der Waals surface area contributed by atoms with E-state index in [1.54, 1.807) is 0 Å². The van der Waals surface area contributed by atoms with Crippen molar-refractivity contribution in [3.8, 4) is 78.4 Å². The molecule has 0 aliphatic heterocycles. The van der Waals surface area contributed by atoms with E-state index in [9.17, 15) is 0 Å². The van der Waals surface area contributed by atoms with E-state index < -0.39 is 0 Å². The van der Waals surface area contributed by atoms with Gasteiger partial charge in [-0.25, -0.2) is 0 Å². The second-order valence-electron chi connectivity index (χ2n) is 31.0. The van der Waals surface area contributed by atoms with Gasteiger partial charge >= 0.3 is 0 Å². The first kappa shape index (κ1) is 59.7. The minimum atomic E-state index is -0.340. The second-order valence-corrected chi connectivity index (χ2v) is 31.0. The van der Waals surface area contributed by atoms with Gasteiger partial charge in [-0.15, -0.1) is 0 Å². The molecule has 0 radical (unpaired) electrons. The van der Waals surface area contributed by atoms with Crippen molar-refractivity contribution in [2.75, 3.05) is 0 Å². The molecule has 0 saturated carbocycles. The molecule has 0 saturated heterocycles. The number of benzene rings is 16. The van der Waals surface area contributed by atoms with Crippen LogP contribution < -0.4 is 0 Å². The van der Waals surface area contributed by atoms with Crippen LogP contribution in [0.2, 0.25) is 0 Å². The van der Waals surface area contributed by atoms with Gasteiger partial charge in [-0.05, 0) is 188 Å². The average Bonchev–Trinajstić information content (AvgIpc) is 1.53. The van der Waals surface area contributed by atoms with E-state index in [0.717, 1.165) is 111 Å². The number of aromatic nitrogens is 4. The number of rotatable bonds is 7. The molecule has 6 heterocycles. The first-order chi connectivity index (χ1) is 53.1. The van der Waals surface area contributed by atoms with Gasteiger partial charge in [-0.3, -0.25) is 0 Å². The molecule has 6 heteroatoms. The summed E-state index contributed by atoms with van der Waals surface area (Å²) in [6.07, 6.45) is 0. The summed E-state index contributed by atoms with van der Waals surface area (Å²) in [5.74, 6) is 0. The van der Waals surface area contributed by atoms with Gasteiger partial charge in [0.15, 0.2) is 0 Å². The molecule has 2 aliphatic rings. The molecule has 0 atom stereocenters. The van der Waals surface area contributed by atoms with Crippen LogP contribution in [-0.2, 0) is 10.8 Å². The predicted octanol–water partition coefficient (Wildman–Crippen LogP) is 27.5. The Morgan fingerprint density at radius 3 is 1.24 bits per heavy atom. The molecule has 6 aromatic heterocycles. The zero-order chi connectivity index (χ0) is 71.2. The van der Waals surface area contributed by atoms with Crippen molar-refractivity contribution in [1.29, 1.82) is 0 Å². The molecule has 0 spiro atoms. The third-order valence-electron chi connectivity index (χ3n) is 24.7. The van der Waals surface area contributed by atoms with Crippen LogP contribution in [0.25, 0.3) is 209 Å². The SMILES string of the molecule is CC1(C)c2cc(-c3cccc4c3oc3cccc(-c5cc6c7ccccc7n(-c7ccc8c(c7)C(C)(C)c7cc(-c9ccc%10oc%11ccccc%11c%10c9)ccc7-8)c6c6c5c5ccccc5n6-c5ccccc5)c34)ccc2-c2ccc(-n3c4ccccc4c4ccc5c6ccccc6n(-c6ccccc6)c5c43)cc21. The van der Waals surface area contributed by atoms with E-state index in [2.05, 4.69) is 367 Å². The van der Waals surface area contributed by atoms with Crippen LogP contribution >= 0.6 is 0 Å². The van der Waals surface area contributed by atoms with Gasteiger partial charge in [-0.1, -0.05) is 240 Å². The third-order valence-corrected chi connectivity index (χ3v) is 24.7. The molecule has 24 rings (SSSR count). The van der Waals surface area contributed by atoms with Crippen molar-refractivity contribution >= 4 is 131 Å². The van der Waals surface area contributed by atoms with Gasteiger partial charge in [-0.2, -0.15) is 0 Å². The molecule has 0 N–H and O–H groups in total. The fraction of sp³-hybridized carbons (Fsp3) is 0.0588. The molecule has 0 amide bonds. The zero-order valence-corrected chi connectivity index (χ0v) is 59.8. The van der Waals surface area contributed by atoms with Crippen molar-refractivity contribution in [2.24, 2.45) is 0 Å². The maximum Gasteiger partial charge on any atom is 0.143 e. The molecule has 2 aliphatic carbocycles. The Bertz CT molecular complexity index is 7730.